The maximum absolute atomic E-state index is 13.1. The Morgan fingerprint density at radius 3 is 2.72 bits per heavy atom. The van der Waals surface area contributed by atoms with Gasteiger partial charge in [0.2, 0.25) is 0 Å². The molecule has 0 aliphatic heterocycles. The summed E-state index contributed by atoms with van der Waals surface area (Å²) in [5, 5.41) is 3.20. The van der Waals surface area contributed by atoms with Crippen LogP contribution in [0.2, 0.25) is 0 Å². The van der Waals surface area contributed by atoms with E-state index in [1.165, 1.54) is 24.4 Å². The Labute approximate surface area is 105 Å². The molecule has 0 saturated carbocycles. The van der Waals surface area contributed by atoms with E-state index >= 15 is 0 Å². The van der Waals surface area contributed by atoms with Crippen LogP contribution >= 0.6 is 0 Å². The zero-order valence-electron chi connectivity index (χ0n) is 10.0. The van der Waals surface area contributed by atoms with Crippen molar-refractivity contribution in [3.05, 3.63) is 65.5 Å². The monoisotopic (exact) mass is 248 g/mol. The molecule has 0 radical (unpaired) electrons. The maximum atomic E-state index is 13.1. The minimum absolute atomic E-state index is 0.0102. The maximum Gasteiger partial charge on any atom is 0.141 e. The number of pyridine rings is 1. The van der Waals surface area contributed by atoms with Crippen LogP contribution < -0.4 is 5.32 Å². The van der Waals surface area contributed by atoms with Gasteiger partial charge in [0, 0.05) is 18.8 Å². The van der Waals surface area contributed by atoms with E-state index in [-0.39, 0.29) is 17.7 Å². The Balaban J connectivity index is 1.98. The number of aromatic nitrogens is 1. The second kappa shape index (κ2) is 5.69. The average molecular weight is 248 g/mol. The van der Waals surface area contributed by atoms with Gasteiger partial charge in [0.15, 0.2) is 0 Å². The summed E-state index contributed by atoms with van der Waals surface area (Å²) in [6.45, 7) is 2.42. The smallest absolute Gasteiger partial charge is 0.141 e. The van der Waals surface area contributed by atoms with E-state index in [1.807, 2.05) is 13.0 Å². The van der Waals surface area contributed by atoms with Gasteiger partial charge in [-0.3, -0.25) is 4.98 Å². The highest BCUT2D eigenvalue weighted by Crippen LogP contribution is 2.14. The first-order valence-corrected chi connectivity index (χ1v) is 5.73. The van der Waals surface area contributed by atoms with Crippen molar-refractivity contribution in [2.75, 3.05) is 0 Å². The number of halogens is 2. The highest BCUT2D eigenvalue weighted by Gasteiger charge is 2.06. The first kappa shape index (κ1) is 12.6. The molecule has 1 N–H and O–H groups in total. The molecule has 2 nitrogen and oxygen atoms in total. The fourth-order valence-corrected chi connectivity index (χ4v) is 1.72. The molecule has 0 bridgehead atoms. The van der Waals surface area contributed by atoms with Crippen molar-refractivity contribution in [3.63, 3.8) is 0 Å². The van der Waals surface area contributed by atoms with Gasteiger partial charge < -0.3 is 5.32 Å². The van der Waals surface area contributed by atoms with Crippen molar-refractivity contribution < 1.29 is 8.78 Å². The van der Waals surface area contributed by atoms with Crippen LogP contribution in [0.4, 0.5) is 8.78 Å². The van der Waals surface area contributed by atoms with Crippen LogP contribution in [0.3, 0.4) is 0 Å². The van der Waals surface area contributed by atoms with Crippen molar-refractivity contribution in [1.82, 2.24) is 10.3 Å². The third-order valence-electron chi connectivity index (χ3n) is 2.72. The molecular weight excluding hydrogens is 234 g/mol. The fourth-order valence-electron chi connectivity index (χ4n) is 1.72. The Kier molecular flexibility index (Phi) is 3.99. The van der Waals surface area contributed by atoms with Crippen LogP contribution in [-0.4, -0.2) is 4.98 Å². The second-order valence-corrected chi connectivity index (χ2v) is 4.17. The van der Waals surface area contributed by atoms with Crippen LogP contribution in [0.1, 0.15) is 24.1 Å². The third-order valence-corrected chi connectivity index (χ3v) is 2.72. The third kappa shape index (κ3) is 3.34. The van der Waals surface area contributed by atoms with Crippen LogP contribution in [0, 0.1) is 11.6 Å². The predicted molar refractivity (Wildman–Crippen MR) is 65.8 cm³/mol. The zero-order valence-corrected chi connectivity index (χ0v) is 10.0. The largest absolute Gasteiger partial charge is 0.306 e. The van der Waals surface area contributed by atoms with E-state index in [2.05, 4.69) is 10.3 Å². The summed E-state index contributed by atoms with van der Waals surface area (Å²) < 4.78 is 26.0. The average Bonchev–Trinajstić information content (AvgIpc) is 2.36. The molecule has 0 saturated heterocycles. The van der Waals surface area contributed by atoms with Gasteiger partial charge in [-0.2, -0.15) is 0 Å². The van der Waals surface area contributed by atoms with Crippen LogP contribution in [0.15, 0.2) is 42.7 Å². The van der Waals surface area contributed by atoms with E-state index in [9.17, 15) is 8.78 Å². The normalized spacial score (nSPS) is 12.4. The minimum Gasteiger partial charge on any atom is -0.306 e. The summed E-state index contributed by atoms with van der Waals surface area (Å²) in [5.74, 6) is -0.610. The van der Waals surface area contributed by atoms with Gasteiger partial charge in [0.25, 0.3) is 0 Å². The molecule has 1 heterocycles. The number of hydrogen-bond acceptors (Lipinski definition) is 2. The lowest BCUT2D eigenvalue weighted by Gasteiger charge is -2.14. The number of nitrogens with one attached hydrogen (secondary N) is 1. The lowest BCUT2D eigenvalue weighted by atomic mass is 10.1. The van der Waals surface area contributed by atoms with Gasteiger partial charge in [-0.15, -0.1) is 0 Å². The fraction of sp³-hybridized carbons (Fsp3) is 0.214. The highest BCUT2D eigenvalue weighted by atomic mass is 19.1. The summed E-state index contributed by atoms with van der Waals surface area (Å²) in [4.78, 5) is 3.77. The van der Waals surface area contributed by atoms with E-state index in [4.69, 9.17) is 0 Å². The first-order chi connectivity index (χ1) is 8.65. The van der Waals surface area contributed by atoms with Crippen molar-refractivity contribution in [3.8, 4) is 0 Å². The molecule has 0 amide bonds. The predicted octanol–water partition coefficient (Wildman–Crippen LogP) is 3.21. The molecule has 2 rings (SSSR count). The molecule has 18 heavy (non-hydrogen) atoms. The van der Waals surface area contributed by atoms with Gasteiger partial charge in [0.1, 0.15) is 11.6 Å². The van der Waals surface area contributed by atoms with Gasteiger partial charge in [0.05, 0.1) is 6.20 Å². The zero-order chi connectivity index (χ0) is 13.0. The van der Waals surface area contributed by atoms with Gasteiger partial charge in [-0.1, -0.05) is 12.1 Å². The lowest BCUT2D eigenvalue weighted by Crippen LogP contribution is -2.18. The Bertz CT molecular complexity index is 529. The molecule has 94 valence electrons. The Morgan fingerprint density at radius 1 is 1.17 bits per heavy atom. The molecule has 4 heteroatoms. The Morgan fingerprint density at radius 2 is 2.00 bits per heavy atom. The second-order valence-electron chi connectivity index (χ2n) is 4.17. The van der Waals surface area contributed by atoms with Crippen LogP contribution in [-0.2, 0) is 6.54 Å². The van der Waals surface area contributed by atoms with Crippen molar-refractivity contribution in [2.24, 2.45) is 0 Å². The van der Waals surface area contributed by atoms with Crippen molar-refractivity contribution >= 4 is 0 Å². The molecule has 0 spiro atoms. The summed E-state index contributed by atoms with van der Waals surface area (Å²) in [7, 11) is 0. The molecule has 0 fully saturated rings. The topological polar surface area (TPSA) is 24.9 Å². The van der Waals surface area contributed by atoms with E-state index in [0.29, 0.717) is 6.54 Å². The number of hydrogen-bond donors (Lipinski definition) is 1. The van der Waals surface area contributed by atoms with Crippen molar-refractivity contribution in [1.29, 1.82) is 0 Å². The van der Waals surface area contributed by atoms with E-state index < -0.39 is 0 Å². The Hall–Kier alpha value is -1.81. The summed E-state index contributed by atoms with van der Waals surface area (Å²) >= 11 is 0. The lowest BCUT2D eigenvalue weighted by molar-refractivity contribution is 0.559. The molecule has 0 aliphatic rings. The molecule has 1 aromatic carbocycles. The van der Waals surface area contributed by atoms with Gasteiger partial charge in [-0.05, 0) is 36.2 Å². The number of nitrogens with zero attached hydrogens (tertiary/aromatic N) is 1. The summed E-state index contributed by atoms with van der Waals surface area (Å²) in [6, 6.07) is 7.84. The van der Waals surface area contributed by atoms with Crippen molar-refractivity contribution in [2.45, 2.75) is 19.5 Å². The molecule has 1 atom stereocenters. The van der Waals surface area contributed by atoms with Gasteiger partial charge >= 0.3 is 0 Å². The first-order valence-electron chi connectivity index (χ1n) is 5.73. The van der Waals surface area contributed by atoms with Crippen LogP contribution in [0.5, 0.6) is 0 Å². The van der Waals surface area contributed by atoms with E-state index in [0.717, 1.165) is 11.1 Å². The molecule has 2 aromatic rings. The molecule has 1 aromatic heterocycles. The number of rotatable bonds is 4. The molecule has 0 unspecified atom stereocenters. The van der Waals surface area contributed by atoms with Gasteiger partial charge in [-0.25, -0.2) is 8.78 Å². The minimum atomic E-state index is -0.354. The van der Waals surface area contributed by atoms with Crippen LogP contribution in [0.25, 0.3) is 0 Å². The quantitative estimate of drug-likeness (QED) is 0.898. The molecule has 0 aliphatic carbocycles. The highest BCUT2D eigenvalue weighted by molar-refractivity contribution is 5.20. The summed E-state index contributed by atoms with van der Waals surface area (Å²) in [6.07, 6.45) is 2.77. The SMILES string of the molecule is C[C@H](NCc1cncc(F)c1)c1cccc(F)c1. The van der Waals surface area contributed by atoms with E-state index in [1.54, 1.807) is 12.3 Å². The molecular formula is C14H14F2N2. The summed E-state index contributed by atoms with van der Waals surface area (Å²) in [5.41, 5.74) is 1.62. The number of benzene rings is 1. The standard InChI is InChI=1S/C14H14F2N2/c1-10(12-3-2-4-13(15)6-12)18-8-11-5-14(16)9-17-7-11/h2-7,9-10,18H,8H2,1H3/t10-/m0/s1.